The van der Waals surface area contributed by atoms with Crippen molar-refractivity contribution in [2.45, 2.75) is 19.4 Å². The molecule has 0 heterocycles. The second-order valence-electron chi connectivity index (χ2n) is 5.57. The maximum absolute atomic E-state index is 13.6. The fourth-order valence-corrected chi connectivity index (χ4v) is 2.18. The zero-order valence-corrected chi connectivity index (χ0v) is 14.0. The lowest BCUT2D eigenvalue weighted by Crippen LogP contribution is -2.17. The second-order valence-corrected chi connectivity index (χ2v) is 5.57. The number of aromatic hydroxyl groups is 1. The van der Waals surface area contributed by atoms with Crippen LogP contribution in [-0.4, -0.2) is 22.3 Å². The van der Waals surface area contributed by atoms with Crippen LogP contribution >= 0.6 is 0 Å². The number of phenolic OH excluding ortho intramolecular Hbond substituents is 1. The van der Waals surface area contributed by atoms with Crippen LogP contribution in [0.5, 0.6) is 5.75 Å². The van der Waals surface area contributed by atoms with Crippen LogP contribution in [0, 0.1) is 12.7 Å². The number of rotatable bonds is 6. The number of benzene rings is 2. The molecule has 0 bridgehead atoms. The molecule has 6 nitrogen and oxygen atoms in total. The SMILES string of the molecule is Cc1ccc(NC(=O)O[C@@H](C/C=C/C(=O)O)c2ccc(O)c(F)c2)cc1. The van der Waals surface area contributed by atoms with Crippen molar-refractivity contribution in [3.8, 4) is 5.75 Å². The second kappa shape index (κ2) is 8.66. The molecule has 7 heteroatoms. The van der Waals surface area contributed by atoms with Gasteiger partial charge < -0.3 is 14.9 Å². The molecule has 0 radical (unpaired) electrons. The fraction of sp³-hybridized carbons (Fsp3) is 0.158. The molecule has 26 heavy (non-hydrogen) atoms. The number of carboxylic acid groups (broad SMARTS) is 1. The fourth-order valence-electron chi connectivity index (χ4n) is 2.18. The Kier molecular flexibility index (Phi) is 6.32. The number of hydrogen-bond acceptors (Lipinski definition) is 4. The Morgan fingerprint density at radius 1 is 1.23 bits per heavy atom. The van der Waals surface area contributed by atoms with E-state index in [2.05, 4.69) is 5.32 Å². The van der Waals surface area contributed by atoms with Gasteiger partial charge in [-0.05, 0) is 36.8 Å². The average Bonchev–Trinajstić information content (AvgIpc) is 2.58. The van der Waals surface area contributed by atoms with Crippen LogP contribution in [0.25, 0.3) is 0 Å². The summed E-state index contributed by atoms with van der Waals surface area (Å²) in [4.78, 5) is 22.7. The lowest BCUT2D eigenvalue weighted by atomic mass is 10.1. The molecular weight excluding hydrogens is 341 g/mol. The zero-order valence-electron chi connectivity index (χ0n) is 14.0. The monoisotopic (exact) mass is 359 g/mol. The number of carbonyl (C=O) groups is 2. The molecule has 136 valence electrons. The lowest BCUT2D eigenvalue weighted by molar-refractivity contribution is -0.131. The molecule has 0 saturated carbocycles. The van der Waals surface area contributed by atoms with Crippen molar-refractivity contribution in [3.05, 3.63) is 71.6 Å². The third-order valence-corrected chi connectivity index (χ3v) is 3.50. The highest BCUT2D eigenvalue weighted by atomic mass is 19.1. The number of halogens is 1. The molecule has 0 aliphatic heterocycles. The summed E-state index contributed by atoms with van der Waals surface area (Å²) in [6, 6.07) is 10.6. The number of hydrogen-bond donors (Lipinski definition) is 3. The van der Waals surface area contributed by atoms with Crippen molar-refractivity contribution in [1.82, 2.24) is 0 Å². The number of aryl methyl sites for hydroxylation is 1. The zero-order chi connectivity index (χ0) is 19.1. The minimum atomic E-state index is -1.15. The van der Waals surface area contributed by atoms with Gasteiger partial charge in [0.25, 0.3) is 0 Å². The number of carboxylic acids is 1. The Morgan fingerprint density at radius 2 is 1.92 bits per heavy atom. The number of aliphatic carboxylic acids is 1. The van der Waals surface area contributed by atoms with Gasteiger partial charge in [0.05, 0.1) is 0 Å². The summed E-state index contributed by atoms with van der Waals surface area (Å²) in [5, 5.41) is 20.5. The van der Waals surface area contributed by atoms with Gasteiger partial charge in [0.15, 0.2) is 11.6 Å². The van der Waals surface area contributed by atoms with Crippen LogP contribution in [0.1, 0.15) is 23.7 Å². The van der Waals surface area contributed by atoms with Crippen molar-refractivity contribution in [1.29, 1.82) is 0 Å². The summed E-state index contributed by atoms with van der Waals surface area (Å²) in [6.45, 7) is 1.91. The number of amides is 1. The van der Waals surface area contributed by atoms with Gasteiger partial charge in [0.1, 0.15) is 6.10 Å². The molecule has 2 rings (SSSR count). The summed E-state index contributed by atoms with van der Waals surface area (Å²) in [5.74, 6) is -2.54. The Bertz CT molecular complexity index is 817. The molecule has 1 atom stereocenters. The van der Waals surface area contributed by atoms with E-state index in [0.29, 0.717) is 5.69 Å². The number of carbonyl (C=O) groups excluding carboxylic acids is 1. The molecule has 0 aromatic heterocycles. The van der Waals surface area contributed by atoms with Crippen LogP contribution in [-0.2, 0) is 9.53 Å². The van der Waals surface area contributed by atoms with Crippen LogP contribution < -0.4 is 5.32 Å². The van der Waals surface area contributed by atoms with Gasteiger partial charge in [-0.25, -0.2) is 14.0 Å². The standard InChI is InChI=1S/C19H18FNO5/c1-12-5-8-14(9-6-12)21-19(25)26-17(3-2-4-18(23)24)13-7-10-16(22)15(20)11-13/h2,4-11,17,22H,3H2,1H3,(H,21,25)(H,23,24)/b4-2+/t17-/m0/s1. The van der Waals surface area contributed by atoms with Crippen LogP contribution in [0.15, 0.2) is 54.6 Å². The number of ether oxygens (including phenoxy) is 1. The summed E-state index contributed by atoms with van der Waals surface area (Å²) in [6.07, 6.45) is 0.543. The van der Waals surface area contributed by atoms with Gasteiger partial charge in [-0.3, -0.25) is 5.32 Å². The quantitative estimate of drug-likeness (QED) is 0.673. The molecule has 0 spiro atoms. The Hall–Kier alpha value is -3.35. The topological polar surface area (TPSA) is 95.9 Å². The van der Waals surface area contributed by atoms with Gasteiger partial charge in [-0.15, -0.1) is 0 Å². The molecule has 0 unspecified atom stereocenters. The largest absolute Gasteiger partial charge is 0.505 e. The summed E-state index contributed by atoms with van der Waals surface area (Å²) < 4.78 is 18.9. The van der Waals surface area contributed by atoms with E-state index >= 15 is 0 Å². The van der Waals surface area contributed by atoms with E-state index < -0.39 is 29.7 Å². The number of phenols is 1. The summed E-state index contributed by atoms with van der Waals surface area (Å²) in [5.41, 5.74) is 1.84. The summed E-state index contributed by atoms with van der Waals surface area (Å²) >= 11 is 0. The predicted molar refractivity (Wildman–Crippen MR) is 93.5 cm³/mol. The molecule has 3 N–H and O–H groups in total. The highest BCUT2D eigenvalue weighted by molar-refractivity contribution is 5.84. The maximum Gasteiger partial charge on any atom is 0.412 e. The van der Waals surface area contributed by atoms with Gasteiger partial charge in [-0.2, -0.15) is 0 Å². The van der Waals surface area contributed by atoms with Crippen molar-refractivity contribution in [2.24, 2.45) is 0 Å². The first-order valence-corrected chi connectivity index (χ1v) is 7.77. The van der Waals surface area contributed by atoms with E-state index in [-0.39, 0.29) is 12.0 Å². The third-order valence-electron chi connectivity index (χ3n) is 3.50. The Balaban J connectivity index is 2.14. The van der Waals surface area contributed by atoms with E-state index in [0.717, 1.165) is 23.8 Å². The molecule has 1 amide bonds. The van der Waals surface area contributed by atoms with Gasteiger partial charge in [-0.1, -0.05) is 29.8 Å². The minimum Gasteiger partial charge on any atom is -0.505 e. The van der Waals surface area contributed by atoms with Crippen LogP contribution in [0.4, 0.5) is 14.9 Å². The average molecular weight is 359 g/mol. The van der Waals surface area contributed by atoms with Gasteiger partial charge >= 0.3 is 12.1 Å². The summed E-state index contributed by atoms with van der Waals surface area (Å²) in [7, 11) is 0. The number of nitrogens with one attached hydrogen (secondary N) is 1. The van der Waals surface area contributed by atoms with E-state index in [1.807, 2.05) is 19.1 Å². The molecule has 2 aromatic rings. The van der Waals surface area contributed by atoms with E-state index in [4.69, 9.17) is 9.84 Å². The van der Waals surface area contributed by atoms with Crippen molar-refractivity contribution >= 4 is 17.7 Å². The van der Waals surface area contributed by atoms with Crippen molar-refractivity contribution in [2.75, 3.05) is 5.32 Å². The van der Waals surface area contributed by atoms with Gasteiger partial charge in [0, 0.05) is 18.2 Å². The molecule has 0 aliphatic carbocycles. The first-order valence-electron chi connectivity index (χ1n) is 7.77. The number of anilines is 1. The van der Waals surface area contributed by atoms with Crippen molar-refractivity contribution in [3.63, 3.8) is 0 Å². The maximum atomic E-state index is 13.6. The van der Waals surface area contributed by atoms with E-state index in [1.54, 1.807) is 12.1 Å². The van der Waals surface area contributed by atoms with Crippen LogP contribution in [0.2, 0.25) is 0 Å². The normalized spacial score (nSPS) is 11.9. The lowest BCUT2D eigenvalue weighted by Gasteiger charge is -2.17. The van der Waals surface area contributed by atoms with Crippen molar-refractivity contribution < 1.29 is 28.9 Å². The van der Waals surface area contributed by atoms with E-state index in [9.17, 15) is 19.1 Å². The first-order chi connectivity index (χ1) is 12.3. The third kappa shape index (κ3) is 5.62. The molecular formula is C19H18FNO5. The molecule has 0 aliphatic rings. The molecule has 0 fully saturated rings. The predicted octanol–water partition coefficient (Wildman–Crippen LogP) is 4.16. The van der Waals surface area contributed by atoms with Gasteiger partial charge in [0.2, 0.25) is 0 Å². The minimum absolute atomic E-state index is 0.0256. The molecule has 0 saturated heterocycles. The first kappa shape index (κ1) is 19.0. The highest BCUT2D eigenvalue weighted by Gasteiger charge is 2.18. The molecule has 2 aromatic carbocycles. The smallest absolute Gasteiger partial charge is 0.412 e. The highest BCUT2D eigenvalue weighted by Crippen LogP contribution is 2.26. The Morgan fingerprint density at radius 3 is 2.54 bits per heavy atom. The van der Waals surface area contributed by atoms with E-state index in [1.165, 1.54) is 12.1 Å². The Labute approximate surface area is 149 Å². The van der Waals surface area contributed by atoms with Crippen LogP contribution in [0.3, 0.4) is 0 Å².